The minimum atomic E-state index is -5.15. The molecule has 0 amide bonds. The summed E-state index contributed by atoms with van der Waals surface area (Å²) in [5.74, 6) is 0. The molecule has 0 atom stereocenters. The molecular weight excluding hydrogens is 642 g/mol. The number of rotatable bonds is 5. The van der Waals surface area contributed by atoms with Crippen molar-refractivity contribution in [2.75, 3.05) is 31.1 Å². The fraction of sp³-hybridized carbons (Fsp3) is 0.353. The predicted molar refractivity (Wildman–Crippen MR) is 107 cm³/mol. The van der Waals surface area contributed by atoms with Crippen molar-refractivity contribution in [2.24, 2.45) is 0 Å². The van der Waals surface area contributed by atoms with Gasteiger partial charge < -0.3 is 39.8 Å². The van der Waals surface area contributed by atoms with E-state index in [-0.39, 0.29) is 27.1 Å². The van der Waals surface area contributed by atoms with E-state index < -0.39 is 21.2 Å². The number of hydrogen-bond acceptors (Lipinski definition) is 6. The summed E-state index contributed by atoms with van der Waals surface area (Å²) >= 11 is 10.2. The van der Waals surface area contributed by atoms with Crippen LogP contribution >= 0.6 is 0 Å². The second kappa shape index (κ2) is 10.3. The summed E-state index contributed by atoms with van der Waals surface area (Å²) in [7, 11) is -4.78. The minimum Gasteiger partial charge on any atom is -0.800 e. The van der Waals surface area contributed by atoms with Crippen molar-refractivity contribution in [1.82, 2.24) is 4.90 Å². The maximum atomic E-state index is 12.3. The Hall–Kier alpha value is -0.730. The summed E-state index contributed by atoms with van der Waals surface area (Å²) in [5, 5.41) is 0. The van der Waals surface area contributed by atoms with Crippen LogP contribution in [0.3, 0.4) is 0 Å². The van der Waals surface area contributed by atoms with Gasteiger partial charge in [0.1, 0.15) is 10.0 Å². The van der Waals surface area contributed by atoms with E-state index in [1.165, 1.54) is 12.1 Å². The SMILES string of the molecule is O=S(=O)([N-]C(F)(F)F)c1ccc(-[n+]2ccc(N3CCN(C([S-])[S-])CC3)cc2)cc1.[Au]. The fourth-order valence-electron chi connectivity index (χ4n) is 2.97. The first-order valence-corrected chi connectivity index (χ1v) is 10.9. The Morgan fingerprint density at radius 1 is 0.967 bits per heavy atom. The normalized spacial score (nSPS) is 15.9. The van der Waals surface area contributed by atoms with E-state index in [2.05, 4.69) is 9.80 Å². The molecule has 0 N–H and O–H groups in total. The quantitative estimate of drug-likeness (QED) is 0.212. The van der Waals surface area contributed by atoms with Crippen LogP contribution in [-0.4, -0.2) is 50.5 Å². The summed E-state index contributed by atoms with van der Waals surface area (Å²) < 4.78 is 63.5. The molecule has 1 aliphatic rings. The van der Waals surface area contributed by atoms with Gasteiger partial charge in [0.2, 0.25) is 5.69 Å². The summed E-state index contributed by atoms with van der Waals surface area (Å²) in [6, 6.07) is 8.87. The van der Waals surface area contributed by atoms with Gasteiger partial charge in [0.15, 0.2) is 12.4 Å². The molecule has 0 saturated carbocycles. The maximum absolute atomic E-state index is 12.3. The number of hydrogen-bond donors (Lipinski definition) is 0. The van der Waals surface area contributed by atoms with Crippen LogP contribution in [-0.2, 0) is 57.7 Å². The third kappa shape index (κ3) is 6.63. The zero-order valence-electron chi connectivity index (χ0n) is 15.3. The van der Waals surface area contributed by atoms with Crippen LogP contribution in [0.15, 0.2) is 53.7 Å². The average molecular weight is 660 g/mol. The number of alkyl halides is 3. The van der Waals surface area contributed by atoms with Gasteiger partial charge in [-0.1, -0.05) is 0 Å². The average Bonchev–Trinajstić information content (AvgIpc) is 2.66. The molecule has 1 aliphatic heterocycles. The van der Waals surface area contributed by atoms with E-state index in [9.17, 15) is 21.6 Å². The van der Waals surface area contributed by atoms with Crippen molar-refractivity contribution in [2.45, 2.75) is 15.9 Å². The maximum Gasteiger partial charge on any atom is 0.323 e. The van der Waals surface area contributed by atoms with Crippen molar-refractivity contribution in [3.63, 3.8) is 0 Å². The molecule has 1 fully saturated rings. The zero-order chi connectivity index (χ0) is 21.2. The molecule has 30 heavy (non-hydrogen) atoms. The summed E-state index contributed by atoms with van der Waals surface area (Å²) in [4.78, 5) is 3.75. The Labute approximate surface area is 199 Å². The Bertz CT molecular complexity index is 934. The van der Waals surface area contributed by atoms with Gasteiger partial charge >= 0.3 is 6.30 Å². The van der Waals surface area contributed by atoms with Gasteiger partial charge in [-0.25, -0.2) is 13.1 Å². The molecule has 1 saturated heterocycles. The number of aromatic nitrogens is 1. The molecule has 3 rings (SSSR count). The molecule has 0 unspecified atom stereocenters. The molecule has 1 aromatic heterocycles. The van der Waals surface area contributed by atoms with E-state index in [1.54, 1.807) is 17.0 Å². The largest absolute Gasteiger partial charge is 0.800 e. The van der Waals surface area contributed by atoms with Gasteiger partial charge in [-0.3, -0.25) is 0 Å². The van der Waals surface area contributed by atoms with Crippen LogP contribution in [0.2, 0.25) is 0 Å². The number of benzene rings is 1. The molecular formula is C17H17AuF3N4O2S3-2. The first-order valence-electron chi connectivity index (χ1n) is 8.53. The van der Waals surface area contributed by atoms with Crippen LogP contribution in [0.5, 0.6) is 0 Å². The summed E-state index contributed by atoms with van der Waals surface area (Å²) in [6.45, 7) is 3.21. The molecule has 2 aromatic rings. The van der Waals surface area contributed by atoms with Crippen molar-refractivity contribution in [3.05, 3.63) is 53.5 Å². The van der Waals surface area contributed by atoms with Crippen LogP contribution in [0.25, 0.3) is 10.4 Å². The number of anilines is 1. The van der Waals surface area contributed by atoms with Gasteiger partial charge in [-0.15, -0.1) is 0 Å². The van der Waals surface area contributed by atoms with Crippen molar-refractivity contribution in [1.29, 1.82) is 0 Å². The van der Waals surface area contributed by atoms with Crippen LogP contribution < -0.4 is 9.47 Å². The molecule has 0 spiro atoms. The molecule has 1 radical (unpaired) electrons. The first-order chi connectivity index (χ1) is 13.5. The van der Waals surface area contributed by atoms with Crippen molar-refractivity contribution in [3.8, 4) is 5.69 Å². The number of halogens is 3. The Morgan fingerprint density at radius 3 is 1.97 bits per heavy atom. The van der Waals surface area contributed by atoms with Crippen LogP contribution in [0, 0.1) is 0 Å². The third-order valence-electron chi connectivity index (χ3n) is 4.45. The monoisotopic (exact) mass is 659 g/mol. The van der Waals surface area contributed by atoms with Gasteiger partial charge in [0.25, 0.3) is 0 Å². The topological polar surface area (TPSA) is 58.6 Å². The molecule has 2 heterocycles. The third-order valence-corrected chi connectivity index (χ3v) is 6.36. The van der Waals surface area contributed by atoms with Gasteiger partial charge in [-0.2, -0.15) is 17.7 Å². The van der Waals surface area contributed by atoms with E-state index >= 15 is 0 Å². The second-order valence-electron chi connectivity index (χ2n) is 6.32. The smallest absolute Gasteiger partial charge is 0.323 e. The van der Waals surface area contributed by atoms with Gasteiger partial charge in [0.05, 0.1) is 0 Å². The van der Waals surface area contributed by atoms with Crippen molar-refractivity contribution < 1.29 is 48.5 Å². The standard InChI is InChI=1S/C17H19F3N4O2S3.Au/c18-17(19,20)21-29(25,26)15-3-1-13(2-4-15)22-7-5-14(6-8-22)23-9-11-24(12-10-23)16(27)28;/h1-8,16,27-28H,9-12H2;/p-2. The molecule has 0 aliphatic carbocycles. The van der Waals surface area contributed by atoms with Crippen LogP contribution in [0.1, 0.15) is 0 Å². The minimum absolute atomic E-state index is 0. The Balaban J connectivity index is 0.00000320. The summed E-state index contributed by atoms with van der Waals surface area (Å²) in [5.41, 5.74) is 1.63. The number of sulfonamides is 1. The zero-order valence-corrected chi connectivity index (χ0v) is 19.9. The fourth-order valence-corrected chi connectivity index (χ4v) is 4.25. The number of pyridine rings is 1. The predicted octanol–water partition coefficient (Wildman–Crippen LogP) is 2.04. The molecule has 169 valence electrons. The van der Waals surface area contributed by atoms with E-state index in [0.29, 0.717) is 5.69 Å². The van der Waals surface area contributed by atoms with E-state index in [4.69, 9.17) is 25.3 Å². The summed E-state index contributed by atoms with van der Waals surface area (Å²) in [6.07, 6.45) is -1.55. The Morgan fingerprint density at radius 2 is 1.50 bits per heavy atom. The molecule has 0 bridgehead atoms. The molecule has 6 nitrogen and oxygen atoms in total. The molecule has 1 aromatic carbocycles. The van der Waals surface area contributed by atoms with Crippen LogP contribution in [0.4, 0.5) is 18.9 Å². The van der Waals surface area contributed by atoms with Gasteiger partial charge in [-0.05, 0) is 12.1 Å². The van der Waals surface area contributed by atoms with Crippen molar-refractivity contribution >= 4 is 41.0 Å². The van der Waals surface area contributed by atoms with E-state index in [0.717, 1.165) is 44.0 Å². The number of piperazine rings is 1. The Kier molecular flexibility index (Phi) is 8.73. The number of nitrogens with zero attached hydrogens (tertiary/aromatic N) is 4. The second-order valence-corrected chi connectivity index (χ2v) is 9.12. The molecule has 13 heteroatoms. The first kappa shape index (κ1) is 25.5. The van der Waals surface area contributed by atoms with E-state index in [1.807, 2.05) is 16.9 Å². The van der Waals surface area contributed by atoms with Gasteiger partial charge in [0, 0.05) is 83.4 Å².